The molecule has 0 N–H and O–H groups in total. The highest BCUT2D eigenvalue weighted by atomic mass is 35.5. The van der Waals surface area contributed by atoms with Crippen molar-refractivity contribution in [3.8, 4) is 0 Å². The number of alkyl halides is 1. The molecule has 0 aliphatic carbocycles. The summed E-state index contributed by atoms with van der Waals surface area (Å²) in [6.07, 6.45) is 1.90. The molecule has 1 fully saturated rings. The molecule has 1 aromatic heterocycles. The zero-order valence-electron chi connectivity index (χ0n) is 9.94. The van der Waals surface area contributed by atoms with Crippen molar-refractivity contribution in [3.05, 3.63) is 16.5 Å². The Morgan fingerprint density at radius 3 is 2.76 bits per heavy atom. The van der Waals surface area contributed by atoms with Crippen molar-refractivity contribution in [2.45, 2.75) is 42.8 Å². The number of rotatable bonds is 3. The van der Waals surface area contributed by atoms with E-state index in [0.29, 0.717) is 16.6 Å². The van der Waals surface area contributed by atoms with Gasteiger partial charge in [-0.3, -0.25) is 0 Å². The first-order valence-corrected chi connectivity index (χ1v) is 8.43. The van der Waals surface area contributed by atoms with Crippen LogP contribution < -0.4 is 0 Å². The van der Waals surface area contributed by atoms with Gasteiger partial charge in [-0.25, -0.2) is 8.42 Å². The van der Waals surface area contributed by atoms with Crippen LogP contribution in [0.3, 0.4) is 0 Å². The van der Waals surface area contributed by atoms with Crippen LogP contribution >= 0.6 is 22.9 Å². The summed E-state index contributed by atoms with van der Waals surface area (Å²) in [7, 11) is -3.31. The van der Waals surface area contributed by atoms with E-state index in [0.717, 1.165) is 23.3 Å². The second-order valence-electron chi connectivity index (χ2n) is 4.41. The summed E-state index contributed by atoms with van der Waals surface area (Å²) in [4.78, 5) is 0.942. The first-order valence-electron chi connectivity index (χ1n) is 5.64. The predicted molar refractivity (Wildman–Crippen MR) is 71.2 cm³/mol. The van der Waals surface area contributed by atoms with E-state index < -0.39 is 10.0 Å². The molecule has 0 aromatic carbocycles. The largest absolute Gasteiger partial charge is 0.252 e. The first kappa shape index (κ1) is 13.3. The van der Waals surface area contributed by atoms with E-state index in [4.69, 9.17) is 11.6 Å². The quantitative estimate of drug-likeness (QED) is 0.804. The van der Waals surface area contributed by atoms with Gasteiger partial charge in [0.15, 0.2) is 0 Å². The van der Waals surface area contributed by atoms with Gasteiger partial charge in [-0.2, -0.15) is 4.31 Å². The van der Waals surface area contributed by atoms with E-state index >= 15 is 0 Å². The molecule has 2 heterocycles. The fourth-order valence-corrected chi connectivity index (χ4v) is 5.77. The summed E-state index contributed by atoms with van der Waals surface area (Å²) in [5.74, 6) is 0.377. The molecular formula is C11H16ClNO2S2. The van der Waals surface area contributed by atoms with Crippen LogP contribution in [-0.2, 0) is 15.9 Å². The smallest absolute Gasteiger partial charge is 0.206 e. The number of nitrogens with zero attached hydrogens (tertiary/aromatic N) is 1. The van der Waals surface area contributed by atoms with Gasteiger partial charge in [0.1, 0.15) is 4.21 Å². The van der Waals surface area contributed by atoms with Crippen molar-refractivity contribution in [2.24, 2.45) is 0 Å². The maximum atomic E-state index is 12.4. The van der Waals surface area contributed by atoms with Gasteiger partial charge in [-0.15, -0.1) is 22.9 Å². The number of hydrogen-bond acceptors (Lipinski definition) is 3. The lowest BCUT2D eigenvalue weighted by molar-refractivity contribution is 0.409. The van der Waals surface area contributed by atoms with Crippen molar-refractivity contribution in [2.75, 3.05) is 6.54 Å². The SMILES string of the molecule is Cc1cc(S(=O)(=O)N2CCCC2C)sc1CCl. The van der Waals surface area contributed by atoms with Crippen LogP contribution in [0.15, 0.2) is 10.3 Å². The van der Waals surface area contributed by atoms with Gasteiger partial charge in [0.05, 0.1) is 5.88 Å². The summed E-state index contributed by atoms with van der Waals surface area (Å²) in [6.45, 7) is 4.50. The number of hydrogen-bond donors (Lipinski definition) is 0. The Hall–Kier alpha value is -0.100. The summed E-state index contributed by atoms with van der Waals surface area (Å²) < 4.78 is 26.9. The third-order valence-electron chi connectivity index (χ3n) is 3.17. The molecule has 0 spiro atoms. The van der Waals surface area contributed by atoms with Crippen LogP contribution in [0.5, 0.6) is 0 Å². The average Bonchev–Trinajstić information content (AvgIpc) is 2.84. The van der Waals surface area contributed by atoms with Crippen LogP contribution in [0.2, 0.25) is 0 Å². The highest BCUT2D eigenvalue weighted by Crippen LogP contribution is 2.32. The van der Waals surface area contributed by atoms with Crippen molar-refractivity contribution in [3.63, 3.8) is 0 Å². The summed E-state index contributed by atoms with van der Waals surface area (Å²) in [5, 5.41) is 0. The Balaban J connectivity index is 2.37. The molecule has 1 aromatic rings. The van der Waals surface area contributed by atoms with Gasteiger partial charge in [0, 0.05) is 17.5 Å². The predicted octanol–water partition coefficient (Wildman–Crippen LogP) is 2.97. The molecular weight excluding hydrogens is 278 g/mol. The lowest BCUT2D eigenvalue weighted by atomic mass is 10.3. The molecule has 0 radical (unpaired) electrons. The Kier molecular flexibility index (Phi) is 3.83. The molecule has 2 rings (SSSR count). The van der Waals surface area contributed by atoms with Gasteiger partial charge in [0.2, 0.25) is 0 Å². The van der Waals surface area contributed by atoms with Crippen LogP contribution in [-0.4, -0.2) is 25.3 Å². The molecule has 0 bridgehead atoms. The van der Waals surface area contributed by atoms with Crippen molar-refractivity contribution in [1.29, 1.82) is 0 Å². The Bertz CT molecular complexity index is 510. The maximum absolute atomic E-state index is 12.4. The van der Waals surface area contributed by atoms with Crippen LogP contribution in [0.1, 0.15) is 30.2 Å². The molecule has 0 amide bonds. The Morgan fingerprint density at radius 1 is 1.59 bits per heavy atom. The summed E-state index contributed by atoms with van der Waals surface area (Å²) in [5.41, 5.74) is 0.968. The zero-order chi connectivity index (χ0) is 12.6. The van der Waals surface area contributed by atoms with Crippen molar-refractivity contribution >= 4 is 33.0 Å². The van der Waals surface area contributed by atoms with E-state index in [1.165, 1.54) is 11.3 Å². The first-order chi connectivity index (χ1) is 7.96. The van der Waals surface area contributed by atoms with Gasteiger partial charge in [-0.05, 0) is 38.3 Å². The minimum absolute atomic E-state index is 0.113. The molecule has 1 atom stereocenters. The molecule has 1 saturated heterocycles. The van der Waals surface area contributed by atoms with Gasteiger partial charge in [0.25, 0.3) is 10.0 Å². The number of sulfonamides is 1. The molecule has 3 nitrogen and oxygen atoms in total. The van der Waals surface area contributed by atoms with E-state index in [2.05, 4.69) is 0 Å². The third-order valence-corrected chi connectivity index (χ3v) is 7.30. The second-order valence-corrected chi connectivity index (χ2v) is 7.93. The lowest BCUT2D eigenvalue weighted by Gasteiger charge is -2.19. The van der Waals surface area contributed by atoms with Gasteiger partial charge in [-0.1, -0.05) is 0 Å². The second kappa shape index (κ2) is 4.88. The molecule has 0 saturated carbocycles. The average molecular weight is 294 g/mol. The Labute approximate surface area is 111 Å². The molecule has 96 valence electrons. The molecule has 1 aliphatic heterocycles. The van der Waals surface area contributed by atoms with E-state index in [1.54, 1.807) is 10.4 Å². The molecule has 17 heavy (non-hydrogen) atoms. The fraction of sp³-hybridized carbons (Fsp3) is 0.636. The minimum atomic E-state index is -3.31. The van der Waals surface area contributed by atoms with Crippen LogP contribution in [0.25, 0.3) is 0 Å². The highest BCUT2D eigenvalue weighted by Gasteiger charge is 2.33. The fourth-order valence-electron chi connectivity index (χ4n) is 2.13. The normalized spacial score (nSPS) is 22.2. The molecule has 6 heteroatoms. The molecule has 1 unspecified atom stereocenters. The van der Waals surface area contributed by atoms with E-state index in [-0.39, 0.29) is 6.04 Å². The van der Waals surface area contributed by atoms with E-state index in [1.807, 2.05) is 13.8 Å². The Morgan fingerprint density at radius 2 is 2.29 bits per heavy atom. The standard InChI is InChI=1S/C11H16ClNO2S2/c1-8-6-11(16-10(8)7-12)17(14,15)13-5-3-4-9(13)2/h6,9H,3-5,7H2,1-2H3. The van der Waals surface area contributed by atoms with Crippen LogP contribution in [0, 0.1) is 6.92 Å². The van der Waals surface area contributed by atoms with Gasteiger partial charge < -0.3 is 0 Å². The van der Waals surface area contributed by atoms with Crippen LogP contribution in [0.4, 0.5) is 0 Å². The molecule has 1 aliphatic rings. The van der Waals surface area contributed by atoms with Gasteiger partial charge >= 0.3 is 0 Å². The minimum Gasteiger partial charge on any atom is -0.206 e. The number of aryl methyl sites for hydroxylation is 1. The van der Waals surface area contributed by atoms with Crippen molar-refractivity contribution < 1.29 is 8.42 Å². The van der Waals surface area contributed by atoms with Crippen molar-refractivity contribution in [1.82, 2.24) is 4.31 Å². The summed E-state index contributed by atoms with van der Waals surface area (Å²) in [6, 6.07) is 1.85. The number of thiophene rings is 1. The monoisotopic (exact) mass is 293 g/mol. The summed E-state index contributed by atoms with van der Waals surface area (Å²) >= 11 is 7.08. The topological polar surface area (TPSA) is 37.4 Å². The third kappa shape index (κ3) is 2.38. The maximum Gasteiger partial charge on any atom is 0.252 e. The van der Waals surface area contributed by atoms with E-state index in [9.17, 15) is 8.42 Å². The zero-order valence-corrected chi connectivity index (χ0v) is 12.3. The highest BCUT2D eigenvalue weighted by molar-refractivity contribution is 7.91. The number of halogens is 1. The lowest BCUT2D eigenvalue weighted by Crippen LogP contribution is -2.33.